The quantitative estimate of drug-likeness (QED) is 0.717. The van der Waals surface area contributed by atoms with Crippen molar-refractivity contribution in [1.29, 1.82) is 0 Å². The molecule has 0 saturated heterocycles. The van der Waals surface area contributed by atoms with Crippen molar-refractivity contribution in [3.63, 3.8) is 0 Å². The molecule has 1 aromatic heterocycles. The molecular weight excluding hydrogens is 244 g/mol. The highest BCUT2D eigenvalue weighted by Crippen LogP contribution is 2.34. The van der Waals surface area contributed by atoms with E-state index in [1.807, 2.05) is 0 Å². The fourth-order valence-electron chi connectivity index (χ4n) is 0.804. The summed E-state index contributed by atoms with van der Waals surface area (Å²) in [5.41, 5.74) is 0.0608. The van der Waals surface area contributed by atoms with E-state index < -0.39 is 13.0 Å². The Labute approximate surface area is 78.7 Å². The van der Waals surface area contributed by atoms with E-state index in [0.29, 0.717) is 4.47 Å². The first kappa shape index (κ1) is 9.87. The van der Waals surface area contributed by atoms with Crippen LogP contribution in [0.5, 0.6) is 0 Å². The standard InChI is InChI=1S/C7H8BrFNOP/c1-12(2,11)7-6(9)3-5(8)4-10-7/h3-4H,1-2H3. The van der Waals surface area contributed by atoms with Gasteiger partial charge in [-0.1, -0.05) is 0 Å². The lowest BCUT2D eigenvalue weighted by Crippen LogP contribution is -2.12. The molecule has 0 aliphatic carbocycles. The molecule has 0 aliphatic heterocycles. The van der Waals surface area contributed by atoms with Gasteiger partial charge in [-0.25, -0.2) is 9.37 Å². The van der Waals surface area contributed by atoms with E-state index in [1.54, 1.807) is 0 Å². The second-order valence-corrected chi connectivity index (χ2v) is 6.85. The smallest absolute Gasteiger partial charge is 0.153 e. The van der Waals surface area contributed by atoms with Crippen molar-refractivity contribution in [2.75, 3.05) is 13.3 Å². The van der Waals surface area contributed by atoms with Crippen LogP contribution in [-0.2, 0) is 4.57 Å². The molecule has 0 spiro atoms. The molecule has 0 bridgehead atoms. The molecule has 5 heteroatoms. The average Bonchev–Trinajstić information content (AvgIpc) is 1.83. The van der Waals surface area contributed by atoms with Gasteiger partial charge in [-0.3, -0.25) is 0 Å². The molecule has 0 aromatic carbocycles. The van der Waals surface area contributed by atoms with Gasteiger partial charge >= 0.3 is 0 Å². The molecule has 66 valence electrons. The molecule has 1 heterocycles. The zero-order chi connectivity index (χ0) is 9.35. The van der Waals surface area contributed by atoms with Crippen molar-refractivity contribution in [2.45, 2.75) is 0 Å². The van der Waals surface area contributed by atoms with Crippen LogP contribution in [0.2, 0.25) is 0 Å². The van der Waals surface area contributed by atoms with Gasteiger partial charge in [0.1, 0.15) is 12.6 Å². The normalized spacial score (nSPS) is 11.7. The molecule has 1 aromatic rings. The largest absolute Gasteiger partial charge is 0.318 e. The second kappa shape index (κ2) is 3.27. The number of hydrogen-bond acceptors (Lipinski definition) is 2. The fraction of sp³-hybridized carbons (Fsp3) is 0.286. The van der Waals surface area contributed by atoms with Crippen LogP contribution >= 0.6 is 23.1 Å². The highest BCUT2D eigenvalue weighted by atomic mass is 79.9. The number of rotatable bonds is 1. The summed E-state index contributed by atoms with van der Waals surface area (Å²) in [6, 6.07) is 1.27. The van der Waals surface area contributed by atoms with Crippen LogP contribution in [0.25, 0.3) is 0 Å². The van der Waals surface area contributed by atoms with Gasteiger partial charge in [-0.15, -0.1) is 0 Å². The molecular formula is C7H8BrFNOP. The lowest BCUT2D eigenvalue weighted by molar-refractivity contribution is 0.583. The van der Waals surface area contributed by atoms with Crippen LogP contribution in [-0.4, -0.2) is 18.3 Å². The Bertz CT molecular complexity index is 349. The van der Waals surface area contributed by atoms with Crippen molar-refractivity contribution >= 4 is 28.5 Å². The second-order valence-electron chi connectivity index (χ2n) is 2.81. The van der Waals surface area contributed by atoms with E-state index in [0.717, 1.165) is 0 Å². The lowest BCUT2D eigenvalue weighted by atomic mass is 10.5. The molecule has 0 saturated carbocycles. The van der Waals surface area contributed by atoms with Crippen molar-refractivity contribution in [3.05, 3.63) is 22.6 Å². The third kappa shape index (κ3) is 2.14. The Kier molecular flexibility index (Phi) is 2.69. The molecule has 0 fully saturated rings. The van der Waals surface area contributed by atoms with Crippen LogP contribution in [0, 0.1) is 5.82 Å². The van der Waals surface area contributed by atoms with Gasteiger partial charge in [-0.05, 0) is 35.3 Å². The van der Waals surface area contributed by atoms with Gasteiger partial charge in [-0.2, -0.15) is 0 Å². The first-order chi connectivity index (χ1) is 5.41. The highest BCUT2D eigenvalue weighted by Gasteiger charge is 2.17. The molecule has 0 amide bonds. The Morgan fingerprint density at radius 3 is 2.58 bits per heavy atom. The maximum Gasteiger partial charge on any atom is 0.153 e. The minimum absolute atomic E-state index is 0.0608. The van der Waals surface area contributed by atoms with Gasteiger partial charge in [0.05, 0.1) is 0 Å². The van der Waals surface area contributed by atoms with E-state index >= 15 is 0 Å². The maximum absolute atomic E-state index is 13.1. The Morgan fingerprint density at radius 1 is 1.58 bits per heavy atom. The van der Waals surface area contributed by atoms with Crippen LogP contribution in [0.4, 0.5) is 4.39 Å². The summed E-state index contributed by atoms with van der Waals surface area (Å²) in [5, 5.41) is 0. The van der Waals surface area contributed by atoms with E-state index in [9.17, 15) is 8.96 Å². The van der Waals surface area contributed by atoms with E-state index in [4.69, 9.17) is 0 Å². The number of hydrogen-bond donors (Lipinski definition) is 0. The Balaban J connectivity index is 3.28. The summed E-state index contributed by atoms with van der Waals surface area (Å²) in [7, 11) is -2.58. The summed E-state index contributed by atoms with van der Waals surface area (Å²) in [5.74, 6) is -0.516. The molecule has 1 rings (SSSR count). The minimum Gasteiger partial charge on any atom is -0.318 e. The van der Waals surface area contributed by atoms with Gasteiger partial charge in [0, 0.05) is 10.7 Å². The van der Waals surface area contributed by atoms with Gasteiger partial charge < -0.3 is 4.57 Å². The number of pyridine rings is 1. The zero-order valence-electron chi connectivity index (χ0n) is 6.71. The molecule has 0 radical (unpaired) electrons. The third-order valence-corrected chi connectivity index (χ3v) is 3.08. The SMILES string of the molecule is CP(C)(=O)c1ncc(Br)cc1F. The molecule has 0 unspecified atom stereocenters. The molecule has 0 aliphatic rings. The molecule has 0 N–H and O–H groups in total. The first-order valence-corrected chi connectivity index (χ1v) is 6.67. The van der Waals surface area contributed by atoms with Crippen molar-refractivity contribution in [3.8, 4) is 0 Å². The zero-order valence-corrected chi connectivity index (χ0v) is 9.19. The topological polar surface area (TPSA) is 30.0 Å². The Morgan fingerprint density at radius 2 is 2.17 bits per heavy atom. The van der Waals surface area contributed by atoms with Crippen LogP contribution in [0.1, 0.15) is 0 Å². The van der Waals surface area contributed by atoms with Crippen molar-refractivity contribution in [2.24, 2.45) is 0 Å². The van der Waals surface area contributed by atoms with E-state index in [-0.39, 0.29) is 5.44 Å². The number of nitrogens with zero attached hydrogens (tertiary/aromatic N) is 1. The summed E-state index contributed by atoms with van der Waals surface area (Å²) >= 11 is 3.07. The number of halogens is 2. The summed E-state index contributed by atoms with van der Waals surface area (Å²) in [4.78, 5) is 3.76. The van der Waals surface area contributed by atoms with Crippen molar-refractivity contribution in [1.82, 2.24) is 4.98 Å². The first-order valence-electron chi connectivity index (χ1n) is 3.28. The molecule has 0 atom stereocenters. The van der Waals surface area contributed by atoms with Gasteiger partial charge in [0.2, 0.25) is 0 Å². The summed E-state index contributed by atoms with van der Waals surface area (Å²) in [6.45, 7) is 2.98. The summed E-state index contributed by atoms with van der Waals surface area (Å²) < 4.78 is 25.1. The summed E-state index contributed by atoms with van der Waals surface area (Å²) in [6.07, 6.45) is 1.44. The Hall–Kier alpha value is -0.210. The van der Waals surface area contributed by atoms with Gasteiger partial charge in [0.25, 0.3) is 0 Å². The number of aromatic nitrogens is 1. The lowest BCUT2D eigenvalue weighted by Gasteiger charge is -2.06. The predicted octanol–water partition coefficient (Wildman–Crippen LogP) is 2.23. The minimum atomic E-state index is -2.58. The highest BCUT2D eigenvalue weighted by molar-refractivity contribution is 9.10. The average molecular weight is 252 g/mol. The van der Waals surface area contributed by atoms with Gasteiger partial charge in [0.15, 0.2) is 5.82 Å². The van der Waals surface area contributed by atoms with Crippen LogP contribution < -0.4 is 5.44 Å². The molecule has 2 nitrogen and oxygen atoms in total. The molecule has 12 heavy (non-hydrogen) atoms. The van der Waals surface area contributed by atoms with Crippen LogP contribution in [0.3, 0.4) is 0 Å². The van der Waals surface area contributed by atoms with E-state index in [1.165, 1.54) is 25.6 Å². The fourth-order valence-corrected chi connectivity index (χ4v) is 2.02. The van der Waals surface area contributed by atoms with Crippen molar-refractivity contribution < 1.29 is 8.96 Å². The van der Waals surface area contributed by atoms with E-state index in [2.05, 4.69) is 20.9 Å². The third-order valence-electron chi connectivity index (χ3n) is 1.30. The monoisotopic (exact) mass is 251 g/mol. The maximum atomic E-state index is 13.1. The van der Waals surface area contributed by atoms with Crippen LogP contribution in [0.15, 0.2) is 16.7 Å². The predicted molar refractivity (Wildman–Crippen MR) is 51.0 cm³/mol.